The number of hydrogen-bond donors (Lipinski definition) is 1. The molecule has 0 saturated heterocycles. The van der Waals surface area contributed by atoms with E-state index in [4.69, 9.17) is 14.7 Å². The van der Waals surface area contributed by atoms with Crippen LogP contribution in [0.3, 0.4) is 0 Å². The molecular formula is C26H22N2O3. The van der Waals surface area contributed by atoms with Crippen LogP contribution in [0, 0.1) is 11.3 Å². The first-order chi connectivity index (χ1) is 15.2. The van der Waals surface area contributed by atoms with Crippen molar-refractivity contribution in [2.45, 2.75) is 5.92 Å². The Morgan fingerprint density at radius 3 is 2.39 bits per heavy atom. The minimum absolute atomic E-state index is 0.0385. The van der Waals surface area contributed by atoms with Crippen molar-refractivity contribution < 1.29 is 14.3 Å². The fraction of sp³-hybridized carbons (Fsp3) is 0.154. The zero-order chi connectivity index (χ0) is 21.6. The van der Waals surface area contributed by atoms with Gasteiger partial charge in [0.15, 0.2) is 0 Å². The fourth-order valence-electron chi connectivity index (χ4n) is 3.90. The molecule has 5 heteroatoms. The van der Waals surface area contributed by atoms with E-state index in [-0.39, 0.29) is 12.5 Å². The summed E-state index contributed by atoms with van der Waals surface area (Å²) < 4.78 is 10.8. The zero-order valence-electron chi connectivity index (χ0n) is 17.2. The molecule has 3 aromatic rings. The lowest BCUT2D eigenvalue weighted by molar-refractivity contribution is 0.144. The molecule has 31 heavy (non-hydrogen) atoms. The highest BCUT2D eigenvalue weighted by molar-refractivity contribution is 5.79. The van der Waals surface area contributed by atoms with E-state index >= 15 is 0 Å². The van der Waals surface area contributed by atoms with Gasteiger partial charge in [0.2, 0.25) is 0 Å². The number of fused-ring (bicyclic) bond motifs is 3. The second-order valence-electron chi connectivity index (χ2n) is 7.18. The number of nitrogens with one attached hydrogen (secondary N) is 1. The first-order valence-corrected chi connectivity index (χ1v) is 10.0. The van der Waals surface area contributed by atoms with Gasteiger partial charge in [-0.1, -0.05) is 60.7 Å². The van der Waals surface area contributed by atoms with Gasteiger partial charge in [0, 0.05) is 18.0 Å². The quantitative estimate of drug-likeness (QED) is 0.612. The van der Waals surface area contributed by atoms with Gasteiger partial charge < -0.3 is 14.8 Å². The van der Waals surface area contributed by atoms with Gasteiger partial charge in [-0.05, 0) is 40.5 Å². The summed E-state index contributed by atoms with van der Waals surface area (Å²) in [5.41, 5.74) is 6.13. The maximum Gasteiger partial charge on any atom is 0.407 e. The van der Waals surface area contributed by atoms with Gasteiger partial charge in [0.05, 0.1) is 18.7 Å². The first-order valence-electron chi connectivity index (χ1n) is 10.0. The summed E-state index contributed by atoms with van der Waals surface area (Å²) in [6.07, 6.45) is 3.19. The maximum atomic E-state index is 12.2. The number of methoxy groups -OCH3 is 1. The first kappa shape index (κ1) is 20.2. The Bertz CT molecular complexity index is 1130. The number of carbonyl (C=O) groups is 1. The van der Waals surface area contributed by atoms with Crippen molar-refractivity contribution in [2.75, 3.05) is 20.3 Å². The molecule has 0 fully saturated rings. The number of carbonyl (C=O) groups excluding carboxylic acids is 1. The molecule has 0 spiro atoms. The molecule has 1 N–H and O–H groups in total. The van der Waals surface area contributed by atoms with Gasteiger partial charge >= 0.3 is 6.09 Å². The Balaban J connectivity index is 1.34. The van der Waals surface area contributed by atoms with E-state index in [1.54, 1.807) is 25.3 Å². The highest BCUT2D eigenvalue weighted by Crippen LogP contribution is 2.44. The number of nitrogens with zero attached hydrogens (tertiary/aromatic N) is 1. The molecule has 0 radical (unpaired) electrons. The summed E-state index contributed by atoms with van der Waals surface area (Å²) in [5.74, 6) is 0.646. The van der Waals surface area contributed by atoms with E-state index in [9.17, 15) is 4.79 Å². The molecule has 1 aliphatic carbocycles. The highest BCUT2D eigenvalue weighted by atomic mass is 16.5. The van der Waals surface area contributed by atoms with Gasteiger partial charge in [0.25, 0.3) is 0 Å². The van der Waals surface area contributed by atoms with Gasteiger partial charge in [-0.25, -0.2) is 4.79 Å². The molecule has 0 aliphatic heterocycles. The van der Waals surface area contributed by atoms with Crippen molar-refractivity contribution in [3.8, 4) is 22.9 Å². The number of rotatable bonds is 6. The lowest BCUT2D eigenvalue weighted by Gasteiger charge is -2.14. The van der Waals surface area contributed by atoms with Gasteiger partial charge in [-0.15, -0.1) is 0 Å². The maximum absolute atomic E-state index is 12.2. The molecule has 1 aliphatic rings. The van der Waals surface area contributed by atoms with Crippen LogP contribution in [0.15, 0.2) is 72.8 Å². The van der Waals surface area contributed by atoms with Crippen LogP contribution in [0.1, 0.15) is 28.2 Å². The minimum Gasteiger partial charge on any atom is -0.496 e. The SMILES string of the molecule is COc1cc(C#N)ccc1C=CCNC(=O)OCC1c2ccccc2-c2ccccc21. The molecule has 154 valence electrons. The average Bonchev–Trinajstić information content (AvgIpc) is 3.14. The highest BCUT2D eigenvalue weighted by Gasteiger charge is 2.28. The predicted molar refractivity (Wildman–Crippen MR) is 120 cm³/mol. The topological polar surface area (TPSA) is 71.3 Å². The molecule has 5 nitrogen and oxygen atoms in total. The fourth-order valence-corrected chi connectivity index (χ4v) is 3.90. The molecule has 0 bridgehead atoms. The molecule has 0 unspecified atom stereocenters. The van der Waals surface area contributed by atoms with E-state index in [0.29, 0.717) is 17.9 Å². The third kappa shape index (κ3) is 4.29. The summed E-state index contributed by atoms with van der Waals surface area (Å²) in [4.78, 5) is 12.2. The lowest BCUT2D eigenvalue weighted by Crippen LogP contribution is -2.26. The largest absolute Gasteiger partial charge is 0.496 e. The monoisotopic (exact) mass is 410 g/mol. The normalized spacial score (nSPS) is 12.1. The van der Waals surface area contributed by atoms with Crippen LogP contribution in [0.5, 0.6) is 5.75 Å². The van der Waals surface area contributed by atoms with Gasteiger partial charge in [0.1, 0.15) is 12.4 Å². The second-order valence-corrected chi connectivity index (χ2v) is 7.18. The molecule has 1 amide bonds. The molecule has 3 aromatic carbocycles. The zero-order valence-corrected chi connectivity index (χ0v) is 17.2. The van der Waals surface area contributed by atoms with Crippen molar-refractivity contribution in [2.24, 2.45) is 0 Å². The van der Waals surface area contributed by atoms with Crippen molar-refractivity contribution in [1.82, 2.24) is 5.32 Å². The Morgan fingerprint density at radius 2 is 1.74 bits per heavy atom. The van der Waals surface area contributed by atoms with Crippen LogP contribution >= 0.6 is 0 Å². The van der Waals surface area contributed by atoms with Crippen LogP contribution in [-0.2, 0) is 4.74 Å². The Morgan fingerprint density at radius 1 is 1.06 bits per heavy atom. The van der Waals surface area contributed by atoms with E-state index in [0.717, 1.165) is 5.56 Å². The number of hydrogen-bond acceptors (Lipinski definition) is 4. The summed E-state index contributed by atoms with van der Waals surface area (Å²) in [7, 11) is 1.56. The van der Waals surface area contributed by atoms with Crippen LogP contribution in [0.4, 0.5) is 4.79 Å². The van der Waals surface area contributed by atoms with E-state index in [1.807, 2.05) is 36.4 Å². The second kappa shape index (κ2) is 9.19. The van der Waals surface area contributed by atoms with Crippen molar-refractivity contribution in [3.05, 3.63) is 95.1 Å². The third-order valence-corrected chi connectivity index (χ3v) is 5.37. The summed E-state index contributed by atoms with van der Waals surface area (Å²) >= 11 is 0. The number of alkyl carbamates (subject to hydrolysis) is 1. The van der Waals surface area contributed by atoms with Crippen LogP contribution < -0.4 is 10.1 Å². The standard InChI is InChI=1S/C26H22N2O3/c1-30-25-15-18(16-27)12-13-19(25)7-6-14-28-26(29)31-17-24-22-10-4-2-8-20(22)21-9-3-5-11-23(21)24/h2-13,15,24H,14,17H2,1H3,(H,28,29). The Labute approximate surface area is 181 Å². The number of ether oxygens (including phenoxy) is 2. The van der Waals surface area contributed by atoms with E-state index in [1.165, 1.54) is 22.3 Å². The minimum atomic E-state index is -0.460. The van der Waals surface area contributed by atoms with Crippen molar-refractivity contribution in [1.29, 1.82) is 5.26 Å². The summed E-state index contributed by atoms with van der Waals surface area (Å²) in [6.45, 7) is 0.604. The van der Waals surface area contributed by atoms with Gasteiger partial charge in [-0.3, -0.25) is 0 Å². The Kier molecular flexibility index (Phi) is 6.00. The predicted octanol–water partition coefficient (Wildman–Crippen LogP) is 5.12. The third-order valence-electron chi connectivity index (χ3n) is 5.37. The molecule has 4 rings (SSSR count). The van der Waals surface area contributed by atoms with E-state index in [2.05, 4.69) is 35.7 Å². The molecule has 0 atom stereocenters. The Hall–Kier alpha value is -4.04. The van der Waals surface area contributed by atoms with Gasteiger partial charge in [-0.2, -0.15) is 5.26 Å². The number of amides is 1. The van der Waals surface area contributed by atoms with E-state index < -0.39 is 6.09 Å². The lowest BCUT2D eigenvalue weighted by atomic mass is 9.98. The number of benzene rings is 3. The number of nitriles is 1. The average molecular weight is 410 g/mol. The summed E-state index contributed by atoms with van der Waals surface area (Å²) in [6, 6.07) is 23.8. The van der Waals surface area contributed by atoms with Crippen molar-refractivity contribution in [3.63, 3.8) is 0 Å². The van der Waals surface area contributed by atoms with Crippen LogP contribution in [0.25, 0.3) is 17.2 Å². The molecule has 0 aromatic heterocycles. The molecular weight excluding hydrogens is 388 g/mol. The summed E-state index contributed by atoms with van der Waals surface area (Å²) in [5, 5.41) is 11.7. The van der Waals surface area contributed by atoms with Crippen molar-refractivity contribution >= 4 is 12.2 Å². The molecule has 0 heterocycles. The van der Waals surface area contributed by atoms with Crippen LogP contribution in [-0.4, -0.2) is 26.4 Å². The smallest absolute Gasteiger partial charge is 0.407 e. The molecule has 0 saturated carbocycles. The van der Waals surface area contributed by atoms with Crippen LogP contribution in [0.2, 0.25) is 0 Å².